The summed E-state index contributed by atoms with van der Waals surface area (Å²) >= 11 is 0. The molecule has 132 valence electrons. The Morgan fingerprint density at radius 2 is 1.88 bits per heavy atom. The SMILES string of the molecule is CCC(c1ccccc1)C1CCCN1C(=O)CCc1ccccc1N. The van der Waals surface area contributed by atoms with E-state index in [1.165, 1.54) is 5.56 Å². The van der Waals surface area contributed by atoms with E-state index in [-0.39, 0.29) is 5.91 Å². The van der Waals surface area contributed by atoms with Gasteiger partial charge in [0.2, 0.25) is 5.91 Å². The van der Waals surface area contributed by atoms with Crippen LogP contribution < -0.4 is 5.73 Å². The second-order valence-corrected chi connectivity index (χ2v) is 6.92. The third-order valence-electron chi connectivity index (χ3n) is 5.41. The topological polar surface area (TPSA) is 46.3 Å². The summed E-state index contributed by atoms with van der Waals surface area (Å²) < 4.78 is 0. The molecule has 0 aliphatic carbocycles. The largest absolute Gasteiger partial charge is 0.399 e. The monoisotopic (exact) mass is 336 g/mol. The molecule has 2 N–H and O–H groups in total. The van der Waals surface area contributed by atoms with Crippen molar-refractivity contribution in [2.75, 3.05) is 12.3 Å². The molecule has 1 aliphatic rings. The van der Waals surface area contributed by atoms with Crippen LogP contribution in [-0.2, 0) is 11.2 Å². The molecule has 3 heteroatoms. The molecule has 2 aromatic carbocycles. The third-order valence-corrected chi connectivity index (χ3v) is 5.41. The summed E-state index contributed by atoms with van der Waals surface area (Å²) in [5.41, 5.74) is 9.21. The molecule has 2 atom stereocenters. The Kier molecular flexibility index (Phi) is 5.75. The summed E-state index contributed by atoms with van der Waals surface area (Å²) in [5.74, 6) is 0.689. The van der Waals surface area contributed by atoms with E-state index in [4.69, 9.17) is 5.73 Å². The van der Waals surface area contributed by atoms with Crippen molar-refractivity contribution in [3.8, 4) is 0 Å². The number of hydrogen-bond donors (Lipinski definition) is 1. The summed E-state index contributed by atoms with van der Waals surface area (Å²) in [6.45, 7) is 3.11. The van der Waals surface area contributed by atoms with Gasteiger partial charge < -0.3 is 10.6 Å². The molecule has 25 heavy (non-hydrogen) atoms. The van der Waals surface area contributed by atoms with Crippen LogP contribution in [0, 0.1) is 0 Å². The van der Waals surface area contributed by atoms with E-state index in [2.05, 4.69) is 42.2 Å². The van der Waals surface area contributed by atoms with Gasteiger partial charge in [-0.15, -0.1) is 0 Å². The zero-order valence-electron chi connectivity index (χ0n) is 15.0. The molecule has 1 heterocycles. The molecule has 0 saturated carbocycles. The van der Waals surface area contributed by atoms with Crippen molar-refractivity contribution < 1.29 is 4.79 Å². The fraction of sp³-hybridized carbons (Fsp3) is 0.409. The van der Waals surface area contributed by atoms with E-state index in [0.29, 0.717) is 18.4 Å². The summed E-state index contributed by atoms with van der Waals surface area (Å²) in [5, 5.41) is 0. The number of anilines is 1. The van der Waals surface area contributed by atoms with Gasteiger partial charge in [0.05, 0.1) is 0 Å². The summed E-state index contributed by atoms with van der Waals surface area (Å²) in [7, 11) is 0. The third kappa shape index (κ3) is 4.04. The van der Waals surface area contributed by atoms with Gasteiger partial charge in [-0.1, -0.05) is 55.5 Å². The van der Waals surface area contributed by atoms with Crippen LogP contribution in [0.5, 0.6) is 0 Å². The number of hydrogen-bond acceptors (Lipinski definition) is 2. The van der Waals surface area contributed by atoms with E-state index in [0.717, 1.165) is 43.5 Å². The molecular weight excluding hydrogens is 308 g/mol. The summed E-state index contributed by atoms with van der Waals surface area (Å²) in [6.07, 6.45) is 4.52. The van der Waals surface area contributed by atoms with Crippen LogP contribution in [-0.4, -0.2) is 23.4 Å². The Balaban J connectivity index is 1.68. The first-order chi connectivity index (χ1) is 12.2. The zero-order chi connectivity index (χ0) is 17.6. The minimum absolute atomic E-state index is 0.264. The van der Waals surface area contributed by atoms with Crippen molar-refractivity contribution >= 4 is 11.6 Å². The molecule has 0 radical (unpaired) electrons. The lowest BCUT2D eigenvalue weighted by molar-refractivity contribution is -0.132. The van der Waals surface area contributed by atoms with Gasteiger partial charge in [-0.2, -0.15) is 0 Å². The van der Waals surface area contributed by atoms with Gasteiger partial charge in [0, 0.05) is 30.6 Å². The summed E-state index contributed by atoms with van der Waals surface area (Å²) in [6, 6.07) is 18.8. The van der Waals surface area contributed by atoms with Gasteiger partial charge in [0.15, 0.2) is 0 Å². The quantitative estimate of drug-likeness (QED) is 0.795. The second kappa shape index (κ2) is 8.19. The smallest absolute Gasteiger partial charge is 0.223 e. The lowest BCUT2D eigenvalue weighted by Gasteiger charge is -2.32. The summed E-state index contributed by atoms with van der Waals surface area (Å²) in [4.78, 5) is 15.0. The van der Waals surface area contributed by atoms with Crippen LogP contribution in [0.2, 0.25) is 0 Å². The van der Waals surface area contributed by atoms with Crippen molar-refractivity contribution in [3.05, 3.63) is 65.7 Å². The Morgan fingerprint density at radius 3 is 2.60 bits per heavy atom. The van der Waals surface area contributed by atoms with Gasteiger partial charge in [0.1, 0.15) is 0 Å². The van der Waals surface area contributed by atoms with Crippen LogP contribution in [0.25, 0.3) is 0 Å². The second-order valence-electron chi connectivity index (χ2n) is 6.92. The van der Waals surface area contributed by atoms with Crippen molar-refractivity contribution in [1.29, 1.82) is 0 Å². The number of aryl methyl sites for hydroxylation is 1. The number of amides is 1. The van der Waals surface area contributed by atoms with E-state index in [1.807, 2.05) is 24.3 Å². The molecule has 1 fully saturated rings. The lowest BCUT2D eigenvalue weighted by Crippen LogP contribution is -2.39. The lowest BCUT2D eigenvalue weighted by atomic mass is 9.87. The van der Waals surface area contributed by atoms with Crippen LogP contribution in [0.3, 0.4) is 0 Å². The first-order valence-electron chi connectivity index (χ1n) is 9.38. The average molecular weight is 336 g/mol. The highest BCUT2D eigenvalue weighted by Crippen LogP contribution is 2.34. The molecule has 0 spiro atoms. The number of benzene rings is 2. The van der Waals surface area contributed by atoms with Gasteiger partial charge in [-0.05, 0) is 42.9 Å². The number of likely N-dealkylation sites (tertiary alicyclic amines) is 1. The van der Waals surface area contributed by atoms with E-state index >= 15 is 0 Å². The highest BCUT2D eigenvalue weighted by Gasteiger charge is 2.34. The number of nitrogens with two attached hydrogens (primary N) is 1. The molecule has 1 saturated heterocycles. The van der Waals surface area contributed by atoms with Gasteiger partial charge in [0.25, 0.3) is 0 Å². The Morgan fingerprint density at radius 1 is 1.16 bits per heavy atom. The number of nitrogens with zero attached hydrogens (tertiary/aromatic N) is 1. The highest BCUT2D eigenvalue weighted by atomic mass is 16.2. The predicted molar refractivity (Wildman–Crippen MR) is 103 cm³/mol. The number of para-hydroxylation sites is 1. The number of carbonyl (C=O) groups excluding carboxylic acids is 1. The number of nitrogen functional groups attached to an aromatic ring is 1. The Bertz CT molecular complexity index is 698. The molecule has 1 aliphatic heterocycles. The van der Waals surface area contributed by atoms with Gasteiger partial charge >= 0.3 is 0 Å². The van der Waals surface area contributed by atoms with Crippen LogP contribution in [0.1, 0.15) is 49.7 Å². The fourth-order valence-electron chi connectivity index (χ4n) is 4.10. The molecule has 2 aromatic rings. The van der Waals surface area contributed by atoms with Crippen molar-refractivity contribution in [1.82, 2.24) is 4.90 Å². The van der Waals surface area contributed by atoms with Crippen LogP contribution in [0.4, 0.5) is 5.69 Å². The molecule has 3 nitrogen and oxygen atoms in total. The number of carbonyl (C=O) groups is 1. The average Bonchev–Trinajstić information content (AvgIpc) is 3.12. The fourth-order valence-corrected chi connectivity index (χ4v) is 4.10. The molecular formula is C22H28N2O. The minimum atomic E-state index is 0.264. The maximum absolute atomic E-state index is 12.9. The van der Waals surface area contributed by atoms with E-state index < -0.39 is 0 Å². The van der Waals surface area contributed by atoms with Crippen LogP contribution >= 0.6 is 0 Å². The van der Waals surface area contributed by atoms with Gasteiger partial charge in [-0.25, -0.2) is 0 Å². The molecule has 3 rings (SSSR count). The maximum Gasteiger partial charge on any atom is 0.223 e. The van der Waals surface area contributed by atoms with Crippen molar-refractivity contribution in [2.45, 2.75) is 51.0 Å². The van der Waals surface area contributed by atoms with E-state index in [1.54, 1.807) is 0 Å². The van der Waals surface area contributed by atoms with Crippen molar-refractivity contribution in [2.24, 2.45) is 0 Å². The maximum atomic E-state index is 12.9. The standard InChI is InChI=1S/C22H28N2O/c1-2-19(17-9-4-3-5-10-17)21-13-8-16-24(21)22(25)15-14-18-11-6-7-12-20(18)23/h3-7,9-12,19,21H,2,8,13-16,23H2,1H3. The zero-order valence-corrected chi connectivity index (χ0v) is 15.0. The highest BCUT2D eigenvalue weighted by molar-refractivity contribution is 5.77. The van der Waals surface area contributed by atoms with E-state index in [9.17, 15) is 4.79 Å². The van der Waals surface area contributed by atoms with Gasteiger partial charge in [-0.3, -0.25) is 4.79 Å². The molecule has 0 aromatic heterocycles. The Labute approximate surface area is 150 Å². The molecule has 1 amide bonds. The molecule has 0 bridgehead atoms. The molecule has 2 unspecified atom stereocenters. The first-order valence-corrected chi connectivity index (χ1v) is 9.38. The predicted octanol–water partition coefficient (Wildman–Crippen LogP) is 4.39. The minimum Gasteiger partial charge on any atom is -0.399 e. The first kappa shape index (κ1) is 17.5. The number of rotatable bonds is 6. The van der Waals surface area contributed by atoms with Crippen LogP contribution in [0.15, 0.2) is 54.6 Å². The normalized spacial score (nSPS) is 18.3. The Hall–Kier alpha value is -2.29. The van der Waals surface area contributed by atoms with Crippen molar-refractivity contribution in [3.63, 3.8) is 0 Å².